The molecule has 5 rings (SSSR count). The molecule has 0 aromatic rings. The van der Waals surface area contributed by atoms with Crippen molar-refractivity contribution < 1.29 is 45.4 Å². The number of carbonyl (C=O) groups excluding carboxylic acids is 2. The van der Waals surface area contributed by atoms with Gasteiger partial charge >= 0.3 is 5.97 Å². The van der Waals surface area contributed by atoms with E-state index in [1.165, 1.54) is 0 Å². The smallest absolute Gasteiger partial charge is 0.322 e. The Morgan fingerprint density at radius 1 is 0.821 bits per heavy atom. The van der Waals surface area contributed by atoms with Gasteiger partial charge in [-0.1, -0.05) is 27.7 Å². The van der Waals surface area contributed by atoms with Crippen molar-refractivity contribution in [3.63, 3.8) is 0 Å². The molecule has 4 saturated carbocycles. The maximum Gasteiger partial charge on any atom is 0.322 e. The minimum Gasteiger partial charge on any atom is -0.480 e. The normalized spacial score (nSPS) is 36.1. The summed E-state index contributed by atoms with van der Waals surface area (Å²) in [6, 6.07) is -0.390. The number of fused-ring (bicyclic) bond motifs is 4. The minimum absolute atomic E-state index is 0.0152. The monoisotopic (exact) mass is 594 g/mol. The third kappa shape index (κ3) is 6.10. The first-order valence-electron chi connectivity index (χ1n) is 13.3. The Morgan fingerprint density at radius 2 is 1.23 bits per heavy atom. The second-order valence-corrected chi connectivity index (χ2v) is 15.7. The van der Waals surface area contributed by atoms with Gasteiger partial charge in [0.05, 0.1) is 22.3 Å². The molecule has 5 fully saturated rings. The van der Waals surface area contributed by atoms with E-state index in [1.807, 2.05) is 27.7 Å². The Balaban J connectivity index is 0.000000167. The molecule has 0 spiro atoms. The third-order valence-electron chi connectivity index (χ3n) is 10.5. The summed E-state index contributed by atoms with van der Waals surface area (Å²) in [6.45, 7) is 9.93. The lowest BCUT2D eigenvalue weighted by Crippen LogP contribution is -2.52. The van der Waals surface area contributed by atoms with Gasteiger partial charge < -0.3 is 15.7 Å². The lowest BCUT2D eigenvalue weighted by molar-refractivity contribution is -0.139. The summed E-state index contributed by atoms with van der Waals surface area (Å²) in [5.41, 5.74) is -2.24. The number of piperazine rings is 1. The van der Waals surface area contributed by atoms with Crippen LogP contribution in [0.25, 0.3) is 0 Å². The van der Waals surface area contributed by atoms with Crippen LogP contribution in [0.1, 0.15) is 66.2 Å². The molecule has 1 aliphatic heterocycles. The van der Waals surface area contributed by atoms with E-state index in [0.29, 0.717) is 32.2 Å². The molecule has 5 N–H and O–H groups in total. The van der Waals surface area contributed by atoms with Crippen LogP contribution >= 0.6 is 0 Å². The molecule has 12 nitrogen and oxygen atoms in total. The Kier molecular flexibility index (Phi) is 8.84. The van der Waals surface area contributed by atoms with Gasteiger partial charge in [0.1, 0.15) is 17.6 Å². The molecule has 14 heteroatoms. The van der Waals surface area contributed by atoms with Crippen molar-refractivity contribution in [3.05, 3.63) is 0 Å². The molecule has 0 amide bonds. The molecule has 4 aliphatic carbocycles. The van der Waals surface area contributed by atoms with Gasteiger partial charge in [0.25, 0.3) is 20.2 Å². The van der Waals surface area contributed by atoms with Crippen LogP contribution in [0, 0.1) is 33.5 Å². The van der Waals surface area contributed by atoms with Gasteiger partial charge in [-0.3, -0.25) is 23.5 Å². The predicted molar refractivity (Wildman–Crippen MR) is 142 cm³/mol. The Bertz CT molecular complexity index is 1130. The van der Waals surface area contributed by atoms with Gasteiger partial charge in [-0.05, 0) is 48.3 Å². The quantitative estimate of drug-likeness (QED) is 0.285. The molecule has 0 aromatic heterocycles. The number of carboxylic acids is 1. The fourth-order valence-corrected chi connectivity index (χ4v) is 10.3. The zero-order chi connectivity index (χ0) is 29.7. The standard InChI is InChI=1S/2C10H16O4S.C5H10N2O2/c2*1-9(2)7-3-4-10(9,8(11)5-7)6-15(12,13)14;8-5(9)4-3-6-1-2-7-4/h2*7H,3-6H2,1-2H3,(H,12,13,14);4,6-7H,1-3H2,(H,8,9). The molecule has 0 radical (unpaired) electrons. The molecule has 1 saturated heterocycles. The van der Waals surface area contributed by atoms with Gasteiger partial charge in [-0.25, -0.2) is 0 Å². The highest BCUT2D eigenvalue weighted by molar-refractivity contribution is 7.86. The average Bonchev–Trinajstić information content (AvgIpc) is 3.31. The summed E-state index contributed by atoms with van der Waals surface area (Å²) in [4.78, 5) is 34.0. The van der Waals surface area contributed by atoms with Gasteiger partial charge in [0.15, 0.2) is 0 Å². The fourth-order valence-electron chi connectivity index (χ4n) is 7.67. The number of carbonyl (C=O) groups is 3. The largest absolute Gasteiger partial charge is 0.480 e. The molecule has 1 heterocycles. The van der Waals surface area contributed by atoms with E-state index in [2.05, 4.69) is 10.6 Å². The van der Waals surface area contributed by atoms with Crippen LogP contribution < -0.4 is 10.6 Å². The first-order valence-corrected chi connectivity index (χ1v) is 16.5. The zero-order valence-electron chi connectivity index (χ0n) is 23.0. The highest BCUT2D eigenvalue weighted by Gasteiger charge is 2.66. The molecular formula is C25H42N2O10S2. The number of hydrogen-bond donors (Lipinski definition) is 5. The van der Waals surface area contributed by atoms with Crippen LogP contribution in [0.15, 0.2) is 0 Å². The van der Waals surface area contributed by atoms with Crippen molar-refractivity contribution >= 4 is 37.8 Å². The topological polar surface area (TPSA) is 204 Å². The van der Waals surface area contributed by atoms with Crippen LogP contribution in [0.4, 0.5) is 0 Å². The summed E-state index contributed by atoms with van der Waals surface area (Å²) < 4.78 is 62.0. The van der Waals surface area contributed by atoms with E-state index in [-0.39, 0.29) is 34.2 Å². The van der Waals surface area contributed by atoms with Crippen molar-refractivity contribution in [3.8, 4) is 0 Å². The van der Waals surface area contributed by atoms with Crippen LogP contribution in [0.5, 0.6) is 0 Å². The zero-order valence-corrected chi connectivity index (χ0v) is 24.7. The van der Waals surface area contributed by atoms with Crippen LogP contribution in [0.2, 0.25) is 0 Å². The van der Waals surface area contributed by atoms with E-state index in [1.54, 1.807) is 0 Å². The van der Waals surface area contributed by atoms with Crippen LogP contribution in [-0.2, 0) is 34.6 Å². The Morgan fingerprint density at radius 3 is 1.44 bits per heavy atom. The molecule has 4 bridgehead atoms. The molecular weight excluding hydrogens is 552 g/mol. The number of aliphatic carboxylic acids is 1. The summed E-state index contributed by atoms with van der Waals surface area (Å²) in [5, 5.41) is 14.3. The van der Waals surface area contributed by atoms with E-state index in [4.69, 9.17) is 14.2 Å². The Labute approximate surface area is 230 Å². The van der Waals surface area contributed by atoms with Gasteiger partial charge in [0.2, 0.25) is 0 Å². The predicted octanol–water partition coefficient (Wildman–Crippen LogP) is 1.17. The number of carboxylic acid groups (broad SMARTS) is 1. The van der Waals surface area contributed by atoms with E-state index < -0.39 is 54.6 Å². The molecule has 5 atom stereocenters. The van der Waals surface area contributed by atoms with E-state index in [9.17, 15) is 31.2 Å². The highest BCUT2D eigenvalue weighted by Crippen LogP contribution is 2.65. The van der Waals surface area contributed by atoms with Crippen molar-refractivity contribution in [1.82, 2.24) is 10.6 Å². The Hall–Kier alpha value is -1.45. The molecule has 224 valence electrons. The molecule has 5 aliphatic rings. The van der Waals surface area contributed by atoms with Crippen molar-refractivity contribution in [2.45, 2.75) is 72.3 Å². The lowest BCUT2D eigenvalue weighted by Gasteiger charge is -2.35. The first-order chi connectivity index (χ1) is 17.7. The number of Topliss-reactive ketones (excluding diaryl/α,β-unsaturated/α-hetero) is 2. The molecule has 39 heavy (non-hydrogen) atoms. The van der Waals surface area contributed by atoms with Crippen LogP contribution in [0.3, 0.4) is 0 Å². The summed E-state index contributed by atoms with van der Waals surface area (Å²) >= 11 is 0. The maximum atomic E-state index is 11.9. The van der Waals surface area contributed by atoms with Crippen molar-refractivity contribution in [2.24, 2.45) is 33.5 Å². The number of nitrogens with one attached hydrogen (secondary N) is 2. The summed E-state index contributed by atoms with van der Waals surface area (Å²) in [6.07, 6.45) is 3.94. The van der Waals surface area contributed by atoms with E-state index >= 15 is 0 Å². The molecule has 0 aromatic carbocycles. The number of hydrogen-bond acceptors (Lipinski definition) is 9. The number of ketones is 2. The number of rotatable bonds is 5. The third-order valence-corrected chi connectivity index (χ3v) is 12.2. The van der Waals surface area contributed by atoms with Gasteiger partial charge in [-0.15, -0.1) is 0 Å². The van der Waals surface area contributed by atoms with Crippen molar-refractivity contribution in [1.29, 1.82) is 0 Å². The lowest BCUT2D eigenvalue weighted by atomic mass is 9.70. The van der Waals surface area contributed by atoms with E-state index in [0.717, 1.165) is 25.9 Å². The van der Waals surface area contributed by atoms with Gasteiger partial charge in [0, 0.05) is 32.5 Å². The first kappa shape index (κ1) is 32.1. The molecule has 5 unspecified atom stereocenters. The SMILES string of the molecule is CC1(C)C2CCC1(CS(=O)(=O)O)C(=O)C2.CC1(C)C2CCC1(CS(=O)(=O)O)C(=O)C2.O=C(O)C1CNCCN1. The van der Waals surface area contributed by atoms with Crippen LogP contribution in [-0.4, -0.2) is 85.8 Å². The highest BCUT2D eigenvalue weighted by atomic mass is 32.2. The summed E-state index contributed by atoms with van der Waals surface area (Å²) in [5.74, 6) is -0.978. The minimum atomic E-state index is -4.08. The maximum absolute atomic E-state index is 11.9. The summed E-state index contributed by atoms with van der Waals surface area (Å²) in [7, 11) is -8.15. The second kappa shape index (κ2) is 10.8. The van der Waals surface area contributed by atoms with Gasteiger partial charge in [-0.2, -0.15) is 16.8 Å². The van der Waals surface area contributed by atoms with Crippen molar-refractivity contribution in [2.75, 3.05) is 31.1 Å². The fraction of sp³-hybridized carbons (Fsp3) is 0.880. The average molecular weight is 595 g/mol. The second-order valence-electron chi connectivity index (χ2n) is 12.8.